The lowest BCUT2D eigenvalue weighted by molar-refractivity contribution is -0.117. The van der Waals surface area contributed by atoms with E-state index >= 15 is 0 Å². The molecule has 2 heterocycles. The van der Waals surface area contributed by atoms with Gasteiger partial charge in [0.15, 0.2) is 5.11 Å². The molecule has 1 atom stereocenters. The zero-order valence-electron chi connectivity index (χ0n) is 10.9. The van der Waals surface area contributed by atoms with Crippen LogP contribution in [0.4, 0.5) is 5.69 Å². The highest BCUT2D eigenvalue weighted by atomic mass is 32.1. The highest BCUT2D eigenvalue weighted by molar-refractivity contribution is 7.80. The molecule has 102 valence electrons. The zero-order chi connectivity index (χ0) is 14.3. The summed E-state index contributed by atoms with van der Waals surface area (Å²) in [6, 6.07) is 5.29. The minimum Gasteiger partial charge on any atom is -0.350 e. The molecular weight excluding hydrogens is 276 g/mol. The predicted octanol–water partition coefficient (Wildman–Crippen LogP) is 0.580. The van der Waals surface area contributed by atoms with Crippen LogP contribution in [0.25, 0.3) is 5.69 Å². The fourth-order valence-electron chi connectivity index (χ4n) is 2.16. The lowest BCUT2D eigenvalue weighted by Gasteiger charge is -2.16. The third-order valence-corrected chi connectivity index (χ3v) is 3.47. The van der Waals surface area contributed by atoms with Crippen LogP contribution in [0.1, 0.15) is 12.5 Å². The third-order valence-electron chi connectivity index (χ3n) is 3.17. The normalized spacial score (nSPS) is 18.5. The fraction of sp³-hybridized carbons (Fsp3) is 0.250. The van der Waals surface area contributed by atoms with E-state index in [0.29, 0.717) is 5.11 Å². The number of benzene rings is 1. The van der Waals surface area contributed by atoms with Crippen molar-refractivity contribution in [2.24, 2.45) is 0 Å². The maximum Gasteiger partial charge on any atom is 0.255 e. The Morgan fingerprint density at radius 3 is 2.75 bits per heavy atom. The highest BCUT2D eigenvalue weighted by Gasteiger charge is 2.33. The van der Waals surface area contributed by atoms with Crippen molar-refractivity contribution in [2.45, 2.75) is 19.9 Å². The Hall–Kier alpha value is -2.35. The van der Waals surface area contributed by atoms with Crippen molar-refractivity contribution >= 4 is 28.9 Å². The number of hydrogen-bond donors (Lipinski definition) is 1. The lowest BCUT2D eigenvalue weighted by atomic mass is 10.1. The Balaban J connectivity index is 1.99. The summed E-state index contributed by atoms with van der Waals surface area (Å²) in [4.78, 5) is 13.6. The fourth-order valence-corrected chi connectivity index (χ4v) is 2.53. The first-order valence-corrected chi connectivity index (χ1v) is 6.47. The van der Waals surface area contributed by atoms with E-state index in [2.05, 4.69) is 20.8 Å². The van der Waals surface area contributed by atoms with Crippen molar-refractivity contribution in [1.82, 2.24) is 25.5 Å². The second-order valence-corrected chi connectivity index (χ2v) is 4.96. The molecule has 0 radical (unpaired) electrons. The quantitative estimate of drug-likeness (QED) is 0.815. The van der Waals surface area contributed by atoms with Gasteiger partial charge in [0, 0.05) is 0 Å². The Bertz CT molecular complexity index is 683. The summed E-state index contributed by atoms with van der Waals surface area (Å²) in [5.41, 5.74) is 2.55. The maximum absolute atomic E-state index is 12.1. The monoisotopic (exact) mass is 288 g/mol. The third kappa shape index (κ3) is 1.94. The SMILES string of the molecule is Cc1cc(N2C(=O)C(C)NC2=S)ccc1-n1cnnn1. The number of aryl methyl sites for hydroxylation is 1. The molecule has 1 aromatic heterocycles. The molecule has 0 bridgehead atoms. The molecule has 20 heavy (non-hydrogen) atoms. The van der Waals surface area contributed by atoms with Crippen molar-refractivity contribution in [3.8, 4) is 5.69 Å². The van der Waals surface area contributed by atoms with Crippen LogP contribution >= 0.6 is 12.2 Å². The second kappa shape index (κ2) is 4.64. The van der Waals surface area contributed by atoms with Crippen molar-refractivity contribution < 1.29 is 4.79 Å². The topological polar surface area (TPSA) is 75.9 Å². The summed E-state index contributed by atoms with van der Waals surface area (Å²) < 4.78 is 1.57. The number of hydrogen-bond acceptors (Lipinski definition) is 5. The van der Waals surface area contributed by atoms with Gasteiger partial charge in [-0.15, -0.1) is 5.10 Å². The molecule has 2 aromatic rings. The van der Waals surface area contributed by atoms with Crippen LogP contribution in [-0.2, 0) is 4.79 Å². The Kier molecular flexibility index (Phi) is 2.94. The van der Waals surface area contributed by atoms with E-state index in [1.165, 1.54) is 11.2 Å². The number of nitrogens with zero attached hydrogens (tertiary/aromatic N) is 5. The molecule has 1 unspecified atom stereocenters. The molecule has 1 saturated heterocycles. The van der Waals surface area contributed by atoms with E-state index in [-0.39, 0.29) is 11.9 Å². The van der Waals surface area contributed by atoms with Crippen LogP contribution in [0.5, 0.6) is 0 Å². The predicted molar refractivity (Wildman–Crippen MR) is 76.6 cm³/mol. The van der Waals surface area contributed by atoms with Crippen LogP contribution in [0.3, 0.4) is 0 Å². The molecule has 1 aliphatic heterocycles. The summed E-state index contributed by atoms with van der Waals surface area (Å²) >= 11 is 5.19. The van der Waals surface area contributed by atoms with Gasteiger partial charge in [-0.3, -0.25) is 9.69 Å². The standard InChI is InChI=1S/C12H12N6OS/c1-7-5-9(18-11(19)8(2)14-12(18)20)3-4-10(7)17-6-13-15-16-17/h3-6,8H,1-2H3,(H,14,20). The van der Waals surface area contributed by atoms with Crippen LogP contribution in [0.2, 0.25) is 0 Å². The number of anilines is 1. The van der Waals surface area contributed by atoms with Gasteiger partial charge >= 0.3 is 0 Å². The Morgan fingerprint density at radius 2 is 2.20 bits per heavy atom. The summed E-state index contributed by atoms with van der Waals surface area (Å²) in [6.07, 6.45) is 1.53. The molecule has 1 aliphatic rings. The maximum atomic E-state index is 12.1. The van der Waals surface area contributed by atoms with Gasteiger partial charge in [-0.25, -0.2) is 4.68 Å². The van der Waals surface area contributed by atoms with Crippen molar-refractivity contribution in [1.29, 1.82) is 0 Å². The first-order valence-electron chi connectivity index (χ1n) is 6.06. The number of nitrogens with one attached hydrogen (secondary N) is 1. The lowest BCUT2D eigenvalue weighted by Crippen LogP contribution is -2.30. The molecule has 0 aliphatic carbocycles. The smallest absolute Gasteiger partial charge is 0.255 e. The Morgan fingerprint density at radius 1 is 1.40 bits per heavy atom. The van der Waals surface area contributed by atoms with Crippen molar-refractivity contribution in [2.75, 3.05) is 4.90 Å². The van der Waals surface area contributed by atoms with Gasteiger partial charge in [-0.05, 0) is 60.3 Å². The molecule has 1 amide bonds. The molecule has 1 aromatic carbocycles. The van der Waals surface area contributed by atoms with Crippen molar-refractivity contribution in [3.05, 3.63) is 30.1 Å². The van der Waals surface area contributed by atoms with Gasteiger partial charge in [-0.1, -0.05) is 0 Å². The largest absolute Gasteiger partial charge is 0.350 e. The van der Waals surface area contributed by atoms with E-state index in [1.807, 2.05) is 25.1 Å². The van der Waals surface area contributed by atoms with E-state index < -0.39 is 0 Å². The van der Waals surface area contributed by atoms with Gasteiger partial charge in [0.25, 0.3) is 5.91 Å². The first-order chi connectivity index (χ1) is 9.58. The molecule has 3 rings (SSSR count). The number of amides is 1. The van der Waals surface area contributed by atoms with E-state index in [4.69, 9.17) is 12.2 Å². The minimum atomic E-state index is -0.290. The molecule has 0 spiro atoms. The molecular formula is C12H12N6OS. The molecule has 1 N–H and O–H groups in total. The van der Waals surface area contributed by atoms with E-state index in [0.717, 1.165) is 16.9 Å². The average molecular weight is 288 g/mol. The summed E-state index contributed by atoms with van der Waals surface area (Å²) in [6.45, 7) is 3.72. The average Bonchev–Trinajstić information content (AvgIpc) is 2.99. The molecule has 8 heteroatoms. The van der Waals surface area contributed by atoms with Gasteiger partial charge in [0.1, 0.15) is 12.4 Å². The number of aromatic nitrogens is 4. The van der Waals surface area contributed by atoms with E-state index in [9.17, 15) is 4.79 Å². The summed E-state index contributed by atoms with van der Waals surface area (Å²) in [7, 11) is 0. The van der Waals surface area contributed by atoms with Crippen molar-refractivity contribution in [3.63, 3.8) is 0 Å². The van der Waals surface area contributed by atoms with Crippen LogP contribution in [-0.4, -0.2) is 37.3 Å². The number of thiocarbonyl (C=S) groups is 1. The van der Waals surface area contributed by atoms with Gasteiger partial charge in [-0.2, -0.15) is 0 Å². The van der Waals surface area contributed by atoms with Gasteiger partial charge < -0.3 is 5.32 Å². The van der Waals surface area contributed by atoms with E-state index in [1.54, 1.807) is 11.6 Å². The molecule has 0 saturated carbocycles. The zero-order valence-corrected chi connectivity index (χ0v) is 11.8. The number of rotatable bonds is 2. The van der Waals surface area contributed by atoms with Crippen LogP contribution < -0.4 is 10.2 Å². The first kappa shape index (κ1) is 12.7. The summed E-state index contributed by atoms with van der Waals surface area (Å²) in [5.74, 6) is -0.0513. The Labute approximate surface area is 120 Å². The molecule has 7 nitrogen and oxygen atoms in total. The second-order valence-electron chi connectivity index (χ2n) is 4.57. The number of carbonyl (C=O) groups excluding carboxylic acids is 1. The van der Waals surface area contributed by atoms with Gasteiger partial charge in [0.2, 0.25) is 0 Å². The summed E-state index contributed by atoms with van der Waals surface area (Å²) in [5, 5.41) is 14.4. The minimum absolute atomic E-state index is 0.0513. The number of carbonyl (C=O) groups is 1. The van der Waals surface area contributed by atoms with Crippen LogP contribution in [0, 0.1) is 6.92 Å². The highest BCUT2D eigenvalue weighted by Crippen LogP contribution is 2.24. The van der Waals surface area contributed by atoms with Crippen LogP contribution in [0.15, 0.2) is 24.5 Å². The van der Waals surface area contributed by atoms with Gasteiger partial charge in [0.05, 0.1) is 11.4 Å². The number of tetrazole rings is 1. The molecule has 1 fully saturated rings.